The third-order valence-electron chi connectivity index (χ3n) is 3.02. The predicted molar refractivity (Wildman–Crippen MR) is 75.0 cm³/mol. The normalized spacial score (nSPS) is 12.2. The second-order valence-corrected chi connectivity index (χ2v) is 4.47. The van der Waals surface area contributed by atoms with Gasteiger partial charge in [-0.05, 0) is 37.6 Å². The lowest BCUT2D eigenvalue weighted by molar-refractivity contribution is 0.413. The van der Waals surface area contributed by atoms with Crippen LogP contribution in [-0.2, 0) is 6.54 Å². The molecule has 0 aliphatic carbocycles. The van der Waals surface area contributed by atoms with Crippen molar-refractivity contribution in [1.82, 2.24) is 15.3 Å². The molecule has 0 aliphatic heterocycles. The highest BCUT2D eigenvalue weighted by molar-refractivity contribution is 5.30. The van der Waals surface area contributed by atoms with Crippen LogP contribution in [0.4, 0.5) is 0 Å². The molecule has 0 bridgehead atoms. The van der Waals surface area contributed by atoms with Crippen molar-refractivity contribution in [3.05, 3.63) is 53.6 Å². The Balaban J connectivity index is 1.99. The molecule has 0 spiro atoms. The van der Waals surface area contributed by atoms with E-state index >= 15 is 0 Å². The van der Waals surface area contributed by atoms with Crippen molar-refractivity contribution in [3.8, 4) is 5.75 Å². The molecule has 1 aromatic heterocycles. The smallest absolute Gasteiger partial charge is 0.125 e. The molecule has 1 aromatic carbocycles. The lowest BCUT2D eigenvalue weighted by atomic mass is 10.1. The van der Waals surface area contributed by atoms with Crippen LogP contribution in [0, 0.1) is 6.92 Å². The summed E-state index contributed by atoms with van der Waals surface area (Å²) in [6, 6.07) is 10.3. The highest BCUT2D eigenvalue weighted by Gasteiger charge is 2.06. The number of methoxy groups -OCH3 is 1. The number of hydrogen-bond acceptors (Lipinski definition) is 4. The molecule has 19 heavy (non-hydrogen) atoms. The lowest BCUT2D eigenvalue weighted by Gasteiger charge is -2.15. The second-order valence-electron chi connectivity index (χ2n) is 4.47. The molecule has 0 radical (unpaired) electrons. The summed E-state index contributed by atoms with van der Waals surface area (Å²) in [6.45, 7) is 4.75. The van der Waals surface area contributed by atoms with E-state index in [1.165, 1.54) is 5.56 Å². The summed E-state index contributed by atoms with van der Waals surface area (Å²) >= 11 is 0. The van der Waals surface area contributed by atoms with Gasteiger partial charge in [0.2, 0.25) is 0 Å². The van der Waals surface area contributed by atoms with Gasteiger partial charge < -0.3 is 10.1 Å². The van der Waals surface area contributed by atoms with Gasteiger partial charge in [0.15, 0.2) is 0 Å². The molecule has 0 amide bonds. The maximum absolute atomic E-state index is 5.24. The van der Waals surface area contributed by atoms with Crippen molar-refractivity contribution in [2.75, 3.05) is 7.11 Å². The average molecular weight is 257 g/mol. The Morgan fingerprint density at radius 1 is 1.32 bits per heavy atom. The first-order valence-electron chi connectivity index (χ1n) is 6.35. The Morgan fingerprint density at radius 2 is 2.16 bits per heavy atom. The molecule has 1 heterocycles. The van der Waals surface area contributed by atoms with Gasteiger partial charge in [0.25, 0.3) is 0 Å². The van der Waals surface area contributed by atoms with Crippen LogP contribution in [0.5, 0.6) is 5.75 Å². The van der Waals surface area contributed by atoms with Gasteiger partial charge in [-0.1, -0.05) is 12.1 Å². The molecule has 0 fully saturated rings. The molecule has 0 aliphatic rings. The minimum absolute atomic E-state index is 0.241. The van der Waals surface area contributed by atoms with E-state index in [0.29, 0.717) is 0 Å². The van der Waals surface area contributed by atoms with E-state index in [1.807, 2.05) is 31.2 Å². The van der Waals surface area contributed by atoms with Crippen LogP contribution in [0.15, 0.2) is 36.5 Å². The number of nitrogens with zero attached hydrogens (tertiary/aromatic N) is 2. The molecule has 2 rings (SSSR count). The monoisotopic (exact) mass is 257 g/mol. The Kier molecular flexibility index (Phi) is 4.47. The zero-order valence-corrected chi connectivity index (χ0v) is 11.6. The van der Waals surface area contributed by atoms with E-state index in [2.05, 4.69) is 28.3 Å². The summed E-state index contributed by atoms with van der Waals surface area (Å²) in [7, 11) is 1.68. The summed E-state index contributed by atoms with van der Waals surface area (Å²) in [4.78, 5) is 8.47. The van der Waals surface area contributed by atoms with Crippen molar-refractivity contribution in [2.24, 2.45) is 0 Å². The molecule has 1 N–H and O–H groups in total. The van der Waals surface area contributed by atoms with Crippen LogP contribution in [0.3, 0.4) is 0 Å². The summed E-state index contributed by atoms with van der Waals surface area (Å²) in [6.07, 6.45) is 1.79. The average Bonchev–Trinajstić information content (AvgIpc) is 2.45. The molecular weight excluding hydrogens is 238 g/mol. The third-order valence-corrected chi connectivity index (χ3v) is 3.02. The summed E-state index contributed by atoms with van der Waals surface area (Å²) < 4.78 is 5.24. The van der Waals surface area contributed by atoms with E-state index in [9.17, 15) is 0 Å². The van der Waals surface area contributed by atoms with Gasteiger partial charge in [-0.3, -0.25) is 0 Å². The maximum Gasteiger partial charge on any atom is 0.125 e. The number of ether oxygens (including phenoxy) is 1. The molecular formula is C15H19N3O. The SMILES string of the molecule is COc1cccc([C@@H](C)NCc2ccnc(C)n2)c1. The number of aromatic nitrogens is 2. The summed E-state index contributed by atoms with van der Waals surface area (Å²) in [5.74, 6) is 1.68. The highest BCUT2D eigenvalue weighted by atomic mass is 16.5. The van der Waals surface area contributed by atoms with E-state index in [0.717, 1.165) is 23.8 Å². The molecule has 1 atom stereocenters. The molecule has 2 aromatic rings. The first-order valence-corrected chi connectivity index (χ1v) is 6.35. The number of hydrogen-bond donors (Lipinski definition) is 1. The highest BCUT2D eigenvalue weighted by Crippen LogP contribution is 2.18. The van der Waals surface area contributed by atoms with Gasteiger partial charge >= 0.3 is 0 Å². The Hall–Kier alpha value is -1.94. The van der Waals surface area contributed by atoms with E-state index in [-0.39, 0.29) is 6.04 Å². The summed E-state index contributed by atoms with van der Waals surface area (Å²) in [5, 5.41) is 3.45. The van der Waals surface area contributed by atoms with Gasteiger partial charge in [0, 0.05) is 18.8 Å². The van der Waals surface area contributed by atoms with E-state index in [1.54, 1.807) is 13.3 Å². The first kappa shape index (κ1) is 13.5. The minimum atomic E-state index is 0.241. The van der Waals surface area contributed by atoms with Gasteiger partial charge in [-0.2, -0.15) is 0 Å². The van der Waals surface area contributed by atoms with Gasteiger partial charge in [-0.15, -0.1) is 0 Å². The van der Waals surface area contributed by atoms with Gasteiger partial charge in [0.05, 0.1) is 12.8 Å². The number of nitrogens with one attached hydrogen (secondary N) is 1. The van der Waals surface area contributed by atoms with E-state index in [4.69, 9.17) is 4.74 Å². The largest absolute Gasteiger partial charge is 0.497 e. The molecule has 0 unspecified atom stereocenters. The fourth-order valence-corrected chi connectivity index (χ4v) is 1.89. The Labute approximate surface area is 113 Å². The van der Waals surface area contributed by atoms with Crippen molar-refractivity contribution < 1.29 is 4.74 Å². The predicted octanol–water partition coefficient (Wildman–Crippen LogP) is 2.64. The topological polar surface area (TPSA) is 47.0 Å². The lowest BCUT2D eigenvalue weighted by Crippen LogP contribution is -2.19. The second kappa shape index (κ2) is 6.29. The fraction of sp³-hybridized carbons (Fsp3) is 0.333. The zero-order valence-electron chi connectivity index (χ0n) is 11.6. The van der Waals surface area contributed by atoms with Gasteiger partial charge in [-0.25, -0.2) is 9.97 Å². The zero-order chi connectivity index (χ0) is 13.7. The summed E-state index contributed by atoms with van der Waals surface area (Å²) in [5.41, 5.74) is 2.20. The number of benzene rings is 1. The third kappa shape index (κ3) is 3.76. The van der Waals surface area contributed by atoms with Crippen LogP contribution in [0.1, 0.15) is 30.0 Å². The standard InChI is InChI=1S/C15H19N3O/c1-11(13-5-4-6-15(9-13)19-3)17-10-14-7-8-16-12(2)18-14/h4-9,11,17H,10H2,1-3H3/t11-/m1/s1. The van der Waals surface area contributed by atoms with Crippen molar-refractivity contribution >= 4 is 0 Å². The van der Waals surface area contributed by atoms with Crippen LogP contribution in [0.2, 0.25) is 0 Å². The van der Waals surface area contributed by atoms with Crippen LogP contribution < -0.4 is 10.1 Å². The Bertz CT molecular complexity index is 542. The van der Waals surface area contributed by atoms with E-state index < -0.39 is 0 Å². The molecule has 4 nitrogen and oxygen atoms in total. The minimum Gasteiger partial charge on any atom is -0.497 e. The van der Waals surface area contributed by atoms with Crippen molar-refractivity contribution in [1.29, 1.82) is 0 Å². The maximum atomic E-state index is 5.24. The first-order chi connectivity index (χ1) is 9.19. The van der Waals surface area contributed by atoms with Gasteiger partial charge in [0.1, 0.15) is 11.6 Å². The number of rotatable bonds is 5. The van der Waals surface area contributed by atoms with Crippen molar-refractivity contribution in [2.45, 2.75) is 26.4 Å². The van der Waals surface area contributed by atoms with Crippen LogP contribution >= 0.6 is 0 Å². The number of aryl methyl sites for hydroxylation is 1. The van der Waals surface area contributed by atoms with Crippen molar-refractivity contribution in [3.63, 3.8) is 0 Å². The molecule has 100 valence electrons. The fourth-order valence-electron chi connectivity index (χ4n) is 1.89. The van der Waals surface area contributed by atoms with Crippen LogP contribution in [-0.4, -0.2) is 17.1 Å². The van der Waals surface area contributed by atoms with Crippen LogP contribution in [0.25, 0.3) is 0 Å². The molecule has 0 saturated carbocycles. The molecule has 4 heteroatoms. The molecule has 0 saturated heterocycles. The Morgan fingerprint density at radius 3 is 2.89 bits per heavy atom. The quantitative estimate of drug-likeness (QED) is 0.894.